The van der Waals surface area contributed by atoms with Crippen LogP contribution >= 0.6 is 0 Å². The van der Waals surface area contributed by atoms with Crippen LogP contribution in [0.2, 0.25) is 0 Å². The number of carbonyl (C=O) groups excluding carboxylic acids is 3. The van der Waals surface area contributed by atoms with E-state index in [1.807, 2.05) is 72.8 Å². The fourth-order valence-corrected chi connectivity index (χ4v) is 18.2. The van der Waals surface area contributed by atoms with Crippen molar-refractivity contribution in [1.29, 1.82) is 0 Å². The van der Waals surface area contributed by atoms with Gasteiger partial charge in [0.2, 0.25) is 0 Å². The molecule has 0 saturated carbocycles. The molecule has 12 heteroatoms. The summed E-state index contributed by atoms with van der Waals surface area (Å²) in [6.07, 6.45) is 58.7. The van der Waals surface area contributed by atoms with Crippen molar-refractivity contribution in [2.75, 3.05) is 39.6 Å². The molecule has 10 aromatic carbocycles. The van der Waals surface area contributed by atoms with Crippen LogP contribution in [0, 0.1) is 0 Å². The highest BCUT2D eigenvalue weighted by atomic mass is 16.5. The zero-order valence-electron chi connectivity index (χ0n) is 85.5. The van der Waals surface area contributed by atoms with Crippen LogP contribution in [-0.4, -0.2) is 57.5 Å². The average Bonchev–Trinajstić information content (AvgIpc) is 0.807. The van der Waals surface area contributed by atoms with Gasteiger partial charge in [-0.1, -0.05) is 420 Å². The van der Waals surface area contributed by atoms with E-state index in [2.05, 4.69) is 169 Å². The number of hydrogen-bond donors (Lipinski definition) is 0. The summed E-state index contributed by atoms with van der Waals surface area (Å²) in [4.78, 5) is 46.2. The van der Waals surface area contributed by atoms with Gasteiger partial charge in [-0.05, 0) is 231 Å². The number of carbonyl (C=O) groups is 3. The summed E-state index contributed by atoms with van der Waals surface area (Å²) in [6.45, 7) is 17.0. The smallest absolute Gasteiger partial charge is 0.338 e. The van der Waals surface area contributed by atoms with E-state index in [1.165, 1.54) is 249 Å². The van der Waals surface area contributed by atoms with Gasteiger partial charge in [-0.3, -0.25) is 0 Å². The third-order valence-electron chi connectivity index (χ3n) is 26.7. The van der Waals surface area contributed by atoms with Crippen LogP contribution < -0.4 is 28.4 Å². The Kier molecular flexibility index (Phi) is 53.0. The maximum absolute atomic E-state index is 15.4. The first-order valence-electron chi connectivity index (χ1n) is 54.5. The average molecular weight is 1870 g/mol. The predicted molar refractivity (Wildman–Crippen MR) is 574 cm³/mol. The molecule has 0 bridgehead atoms. The van der Waals surface area contributed by atoms with Gasteiger partial charge in [-0.25, -0.2) is 14.4 Å². The molecule has 0 atom stereocenters. The predicted octanol–water partition coefficient (Wildman–Crippen LogP) is 36.9. The molecule has 10 rings (SSSR count). The Morgan fingerprint density at radius 2 is 0.319 bits per heavy atom. The molecule has 0 fully saturated rings. The van der Waals surface area contributed by atoms with Gasteiger partial charge in [-0.15, -0.1) is 0 Å². The fraction of sp³-hybridized carbons (Fsp3) is 0.500. The molecule has 138 heavy (non-hydrogen) atoms. The Morgan fingerprint density at radius 1 is 0.167 bits per heavy atom. The van der Waals surface area contributed by atoms with Gasteiger partial charge in [-0.2, -0.15) is 0 Å². The van der Waals surface area contributed by atoms with Crippen molar-refractivity contribution in [2.24, 2.45) is 0 Å². The Morgan fingerprint density at radius 3 is 0.493 bits per heavy atom. The van der Waals surface area contributed by atoms with E-state index in [1.54, 1.807) is 0 Å². The molecule has 0 radical (unpaired) electrons. The van der Waals surface area contributed by atoms with Crippen LogP contribution in [0.15, 0.2) is 218 Å². The van der Waals surface area contributed by atoms with Crippen LogP contribution in [0.25, 0.3) is 66.8 Å². The molecule has 0 unspecified atom stereocenters. The first-order valence-corrected chi connectivity index (χ1v) is 54.5. The SMILES string of the molecule is CCCCCCCCCCOc1ccc(-c2ccc(-c3ccc(OCCCCCCCCCC)cc3)c(COC(=O)c3cc(C(=O)OCc4cc(-c5ccc(OCCCCCCCCCC)cc5)ccc4-c4ccc(OCCCCCCCCCC)cc4)cc(C(=O)OCc4cc(-c5ccc(OCCCCCCCCCC)cc5)ccc4-c4ccc(OCCCCCCCCCC)cc4)c3)c2)cc1. The third-order valence-corrected chi connectivity index (χ3v) is 26.7. The van der Waals surface area contributed by atoms with Crippen molar-refractivity contribution in [3.05, 3.63) is 252 Å². The van der Waals surface area contributed by atoms with Crippen molar-refractivity contribution < 1.29 is 57.0 Å². The summed E-state index contributed by atoms with van der Waals surface area (Å²) in [7, 11) is 0. The summed E-state index contributed by atoms with van der Waals surface area (Å²) in [5, 5.41) is 0. The van der Waals surface area contributed by atoms with Crippen molar-refractivity contribution in [3.63, 3.8) is 0 Å². The molecular weight excluding hydrogens is 1710 g/mol. The van der Waals surface area contributed by atoms with E-state index >= 15 is 14.4 Å². The van der Waals surface area contributed by atoms with Crippen LogP contribution in [0.5, 0.6) is 34.5 Å². The summed E-state index contributed by atoms with van der Waals surface area (Å²) in [5.41, 5.74) is 13.1. The fourth-order valence-electron chi connectivity index (χ4n) is 18.2. The quantitative estimate of drug-likeness (QED) is 0.0204. The minimum atomic E-state index is -0.757. The molecular formula is C126H168O12. The maximum Gasteiger partial charge on any atom is 0.338 e. The normalized spacial score (nSPS) is 11.3. The van der Waals surface area contributed by atoms with Crippen molar-refractivity contribution >= 4 is 17.9 Å². The summed E-state index contributed by atoms with van der Waals surface area (Å²) < 4.78 is 57.3. The molecule has 0 aliphatic rings. The molecule has 744 valence electrons. The molecule has 0 heterocycles. The van der Waals surface area contributed by atoms with Gasteiger partial charge in [0.15, 0.2) is 0 Å². The maximum atomic E-state index is 15.4. The van der Waals surface area contributed by atoms with E-state index in [4.69, 9.17) is 42.6 Å². The number of rotatable bonds is 75. The second-order valence-corrected chi connectivity index (χ2v) is 38.2. The van der Waals surface area contributed by atoms with E-state index < -0.39 is 17.9 Å². The molecule has 0 amide bonds. The Labute approximate surface area is 832 Å². The highest BCUT2D eigenvalue weighted by Gasteiger charge is 2.24. The Bertz CT molecular complexity index is 4470. The second kappa shape index (κ2) is 66.9. The van der Waals surface area contributed by atoms with Crippen molar-refractivity contribution in [3.8, 4) is 101 Å². The van der Waals surface area contributed by atoms with Crippen LogP contribution in [-0.2, 0) is 34.0 Å². The first-order chi connectivity index (χ1) is 68.0. The molecule has 0 spiro atoms. The van der Waals surface area contributed by atoms with Gasteiger partial charge in [0.05, 0.1) is 56.3 Å². The van der Waals surface area contributed by atoms with Crippen molar-refractivity contribution in [1.82, 2.24) is 0 Å². The molecule has 0 aliphatic heterocycles. The number of hydrogen-bond acceptors (Lipinski definition) is 12. The molecule has 0 N–H and O–H groups in total. The van der Waals surface area contributed by atoms with Gasteiger partial charge in [0.1, 0.15) is 54.3 Å². The standard InChI is InChI=1S/C126H168O12/c1-7-13-19-25-31-37-43-49-85-130-115-70-55-100(56-71-115)106-67-82-121(103-61-76-118(77-62-103)133-88-52-46-40-34-28-22-16-10-4)112(91-106)97-136-124(127)109-94-110(125(128)137-98-113-92-107(101-57-72-116(73-58-101)131-86-50-44-38-32-26-20-14-8-2)68-83-122(113)104-63-78-119(79-64-104)134-89-53-47-41-35-29-23-17-11-5)96-111(95-109)126(129)138-99-114-93-108(102-59-74-117(75-60-102)132-87-51-45-39-33-27-21-15-9-3)69-84-123(114)105-65-80-120(81-66-105)135-90-54-48-42-36-30-24-18-12-6/h55-84,91-96H,7-54,85-90,97-99H2,1-6H3. The van der Waals surface area contributed by atoms with Gasteiger partial charge in [0, 0.05) is 0 Å². The lowest BCUT2D eigenvalue weighted by atomic mass is 9.95. The monoisotopic (exact) mass is 1870 g/mol. The van der Waals surface area contributed by atoms with Crippen LogP contribution in [0.3, 0.4) is 0 Å². The van der Waals surface area contributed by atoms with Gasteiger partial charge < -0.3 is 42.6 Å². The largest absolute Gasteiger partial charge is 0.494 e. The topological polar surface area (TPSA) is 134 Å². The first kappa shape index (κ1) is 109. The van der Waals surface area contributed by atoms with Crippen molar-refractivity contribution in [2.45, 2.75) is 370 Å². The van der Waals surface area contributed by atoms with Crippen LogP contribution in [0.1, 0.15) is 398 Å². The summed E-state index contributed by atoms with van der Waals surface area (Å²) >= 11 is 0. The Hall–Kier alpha value is -10.6. The van der Waals surface area contributed by atoms with Gasteiger partial charge in [0.25, 0.3) is 0 Å². The summed E-state index contributed by atoms with van der Waals surface area (Å²) in [5.74, 6) is 2.54. The number of benzene rings is 10. The highest BCUT2D eigenvalue weighted by molar-refractivity contribution is 6.01. The lowest BCUT2D eigenvalue weighted by Crippen LogP contribution is -2.14. The molecule has 0 saturated heterocycles. The highest BCUT2D eigenvalue weighted by Crippen LogP contribution is 2.38. The molecule has 10 aromatic rings. The number of unbranched alkanes of at least 4 members (excludes halogenated alkanes) is 42. The lowest BCUT2D eigenvalue weighted by Gasteiger charge is -2.16. The van der Waals surface area contributed by atoms with Crippen LogP contribution in [0.4, 0.5) is 0 Å². The lowest BCUT2D eigenvalue weighted by molar-refractivity contribution is 0.0468. The minimum absolute atomic E-state index is 0.0371. The zero-order valence-corrected chi connectivity index (χ0v) is 85.5. The minimum Gasteiger partial charge on any atom is -0.494 e. The van der Waals surface area contributed by atoms with Gasteiger partial charge >= 0.3 is 17.9 Å². The molecule has 12 nitrogen and oxygen atoms in total. The van der Waals surface area contributed by atoms with E-state index in [9.17, 15) is 0 Å². The zero-order chi connectivity index (χ0) is 96.7. The Balaban J connectivity index is 0.952. The third kappa shape index (κ3) is 41.1. The number of ether oxygens (including phenoxy) is 9. The molecule has 0 aromatic heterocycles. The molecule has 0 aliphatic carbocycles. The summed E-state index contributed by atoms with van der Waals surface area (Å²) in [6, 6.07) is 72.1. The second-order valence-electron chi connectivity index (χ2n) is 38.2. The van der Waals surface area contributed by atoms with E-state index in [0.717, 1.165) is 195 Å². The van der Waals surface area contributed by atoms with E-state index in [0.29, 0.717) is 39.6 Å². The number of esters is 3. The van der Waals surface area contributed by atoms with E-state index in [-0.39, 0.29) is 36.5 Å².